The minimum Gasteiger partial charge on any atom is -0.497 e. The van der Waals surface area contributed by atoms with E-state index in [0.717, 1.165) is 27.8 Å². The van der Waals surface area contributed by atoms with Crippen LogP contribution in [0, 0.1) is 11.8 Å². The van der Waals surface area contributed by atoms with Crippen LogP contribution in [-0.2, 0) is 31.8 Å². The zero-order chi connectivity index (χ0) is 33.0. The first kappa shape index (κ1) is 29.6. The Labute approximate surface area is 279 Å². The number of methoxy groups -OCH3 is 2. The van der Waals surface area contributed by atoms with Crippen LogP contribution in [-0.4, -0.2) is 36.7 Å². The number of ketones is 1. The van der Waals surface area contributed by atoms with Crippen LogP contribution >= 0.6 is 0 Å². The molecule has 1 saturated carbocycles. The molecule has 0 spiro atoms. The topological polar surface area (TPSA) is 72.9 Å². The fourth-order valence-corrected chi connectivity index (χ4v) is 8.62. The van der Waals surface area contributed by atoms with Gasteiger partial charge in [-0.2, -0.15) is 0 Å². The highest BCUT2D eigenvalue weighted by Crippen LogP contribution is 2.74. The summed E-state index contributed by atoms with van der Waals surface area (Å²) in [5.41, 5.74) is 2.37. The number of allylic oxidation sites excluding steroid dienone is 2. The molecular formula is C42H33NO5. The number of rotatable bonds is 8. The predicted molar refractivity (Wildman–Crippen MR) is 183 cm³/mol. The van der Waals surface area contributed by atoms with E-state index in [2.05, 4.69) is 0 Å². The molecular weight excluding hydrogens is 598 g/mol. The fraction of sp³-hybridized carbons (Fsp3) is 0.167. The van der Waals surface area contributed by atoms with Gasteiger partial charge in [0, 0.05) is 0 Å². The van der Waals surface area contributed by atoms with E-state index in [-0.39, 0.29) is 24.1 Å². The molecule has 3 aliphatic rings. The minimum absolute atomic E-state index is 0.130. The number of imide groups is 1. The van der Waals surface area contributed by atoms with E-state index in [0.29, 0.717) is 22.6 Å². The Morgan fingerprint density at radius 1 is 0.521 bits per heavy atom. The lowest BCUT2D eigenvalue weighted by Gasteiger charge is -2.39. The maximum absolute atomic E-state index is 16.0. The highest BCUT2D eigenvalue weighted by molar-refractivity contribution is 6.35. The molecule has 0 unspecified atom stereocenters. The Morgan fingerprint density at radius 2 is 0.896 bits per heavy atom. The highest BCUT2D eigenvalue weighted by Gasteiger charge is 2.82. The van der Waals surface area contributed by atoms with Crippen molar-refractivity contribution in [1.29, 1.82) is 0 Å². The third kappa shape index (κ3) is 3.89. The van der Waals surface area contributed by atoms with Crippen molar-refractivity contribution in [2.24, 2.45) is 11.8 Å². The number of hydrogen-bond acceptors (Lipinski definition) is 5. The average molecular weight is 632 g/mol. The number of benzene rings is 5. The molecule has 2 aliphatic carbocycles. The van der Waals surface area contributed by atoms with Gasteiger partial charge in [0.2, 0.25) is 11.8 Å². The van der Waals surface area contributed by atoms with E-state index in [1.165, 1.54) is 4.90 Å². The van der Waals surface area contributed by atoms with Gasteiger partial charge in [0.25, 0.3) is 0 Å². The summed E-state index contributed by atoms with van der Waals surface area (Å²) in [4.78, 5) is 47.3. The summed E-state index contributed by atoms with van der Waals surface area (Å²) in [5, 5.41) is 0. The van der Waals surface area contributed by atoms with E-state index in [4.69, 9.17) is 9.47 Å². The van der Waals surface area contributed by atoms with Gasteiger partial charge >= 0.3 is 0 Å². The van der Waals surface area contributed by atoms with Crippen molar-refractivity contribution in [2.75, 3.05) is 14.2 Å². The molecule has 8 rings (SSSR count). The zero-order valence-electron chi connectivity index (χ0n) is 26.6. The zero-order valence-corrected chi connectivity index (χ0v) is 26.6. The lowest BCUT2D eigenvalue weighted by molar-refractivity contribution is -0.143. The number of Topliss-reactive ketones (excluding diaryl/α,β-unsaturated/α-hetero) is 1. The van der Waals surface area contributed by atoms with Crippen LogP contribution in [0.4, 0.5) is 0 Å². The molecule has 6 heteroatoms. The van der Waals surface area contributed by atoms with Gasteiger partial charge in [-0.25, -0.2) is 0 Å². The SMILES string of the molecule is COc1ccc(C2=C(c3ccc(OC)cc3)[C@]3(c4ccccc4)C(=O)[C@]2(c2ccccc2)[C@@H]2C(=O)N(Cc4ccccc4)C(=O)[C@@H]23)cc1. The number of carbonyl (C=O) groups excluding carboxylic acids is 3. The lowest BCUT2D eigenvalue weighted by Crippen LogP contribution is -2.45. The van der Waals surface area contributed by atoms with E-state index in [1.54, 1.807) is 14.2 Å². The van der Waals surface area contributed by atoms with Crippen LogP contribution < -0.4 is 9.47 Å². The second-order valence-corrected chi connectivity index (χ2v) is 12.6. The number of hydrogen-bond donors (Lipinski definition) is 0. The second-order valence-electron chi connectivity index (χ2n) is 12.6. The molecule has 5 aromatic carbocycles. The third-order valence-corrected chi connectivity index (χ3v) is 10.5. The monoisotopic (exact) mass is 631 g/mol. The van der Waals surface area contributed by atoms with Gasteiger partial charge in [-0.1, -0.05) is 115 Å². The summed E-state index contributed by atoms with van der Waals surface area (Å²) >= 11 is 0. The van der Waals surface area contributed by atoms with Crippen molar-refractivity contribution in [3.8, 4) is 11.5 Å². The molecule has 48 heavy (non-hydrogen) atoms. The third-order valence-electron chi connectivity index (χ3n) is 10.5. The van der Waals surface area contributed by atoms with E-state index in [1.807, 2.05) is 140 Å². The summed E-state index contributed by atoms with van der Waals surface area (Å²) in [6, 6.07) is 43.9. The van der Waals surface area contributed by atoms with Crippen molar-refractivity contribution in [1.82, 2.24) is 4.90 Å². The van der Waals surface area contributed by atoms with Gasteiger partial charge in [0.15, 0.2) is 5.78 Å². The maximum Gasteiger partial charge on any atom is 0.235 e. The van der Waals surface area contributed by atoms with Gasteiger partial charge in [-0.15, -0.1) is 0 Å². The summed E-state index contributed by atoms with van der Waals surface area (Å²) in [7, 11) is 3.23. The second kappa shape index (κ2) is 11.2. The Bertz CT molecular complexity index is 1940. The quantitative estimate of drug-likeness (QED) is 0.175. The molecule has 0 radical (unpaired) electrons. The molecule has 0 N–H and O–H groups in total. The van der Waals surface area contributed by atoms with Gasteiger partial charge in [0.05, 0.1) is 43.4 Å². The molecule has 4 atom stereocenters. The highest BCUT2D eigenvalue weighted by atomic mass is 16.5. The van der Waals surface area contributed by atoms with Crippen LogP contribution in [0.3, 0.4) is 0 Å². The standard InChI is InChI=1S/C42H33NO5/c1-47-32-22-18-28(19-23-32)34-35(29-20-24-33(48-2)25-21-29)42(31-16-10-5-11-17-31)37-36(41(34,40(42)46)30-14-8-4-9-15-30)38(44)43(39(37)45)26-27-12-6-3-7-13-27/h3-25,36-37H,26H2,1-2H3/t36-,37+,41-,42-/m0/s1. The van der Waals surface area contributed by atoms with Gasteiger partial charge in [-0.3, -0.25) is 19.3 Å². The number of fused-ring (bicyclic) bond motifs is 5. The average Bonchev–Trinajstić information content (AvgIpc) is 3.65. The Balaban J connectivity index is 1.51. The smallest absolute Gasteiger partial charge is 0.235 e. The largest absolute Gasteiger partial charge is 0.497 e. The minimum atomic E-state index is -1.45. The normalized spacial score (nSPS) is 24.3. The van der Waals surface area contributed by atoms with E-state index < -0.39 is 22.7 Å². The van der Waals surface area contributed by atoms with Crippen molar-refractivity contribution >= 4 is 28.7 Å². The molecule has 6 nitrogen and oxygen atoms in total. The molecule has 2 bridgehead atoms. The molecule has 1 aliphatic heterocycles. The van der Waals surface area contributed by atoms with Crippen molar-refractivity contribution < 1.29 is 23.9 Å². The van der Waals surface area contributed by atoms with Crippen LogP contribution in [0.25, 0.3) is 11.1 Å². The summed E-state index contributed by atoms with van der Waals surface area (Å²) in [6.45, 7) is 0.130. The van der Waals surface area contributed by atoms with E-state index in [9.17, 15) is 9.59 Å². The van der Waals surface area contributed by atoms with Crippen molar-refractivity contribution in [2.45, 2.75) is 17.4 Å². The fourth-order valence-electron chi connectivity index (χ4n) is 8.62. The molecule has 5 aromatic rings. The van der Waals surface area contributed by atoms with Crippen molar-refractivity contribution in [3.05, 3.63) is 167 Å². The molecule has 2 amide bonds. The Morgan fingerprint density at radius 3 is 1.27 bits per heavy atom. The number of carbonyl (C=O) groups is 3. The van der Waals surface area contributed by atoms with E-state index >= 15 is 4.79 Å². The Kier molecular flexibility index (Phi) is 6.91. The number of ether oxygens (including phenoxy) is 2. The maximum atomic E-state index is 16.0. The molecule has 236 valence electrons. The summed E-state index contributed by atoms with van der Waals surface area (Å²) in [5.74, 6) is -1.38. The number of amides is 2. The van der Waals surface area contributed by atoms with Gasteiger partial charge < -0.3 is 9.47 Å². The summed E-state index contributed by atoms with van der Waals surface area (Å²) < 4.78 is 11.0. The van der Waals surface area contributed by atoms with Crippen molar-refractivity contribution in [3.63, 3.8) is 0 Å². The number of nitrogens with zero attached hydrogens (tertiary/aromatic N) is 1. The first-order chi connectivity index (χ1) is 23.5. The van der Waals surface area contributed by atoms with Gasteiger partial charge in [-0.05, 0) is 63.2 Å². The molecule has 0 aromatic heterocycles. The van der Waals surface area contributed by atoms with Crippen LogP contribution in [0.15, 0.2) is 140 Å². The number of likely N-dealkylation sites (tertiary alicyclic amines) is 1. The van der Waals surface area contributed by atoms with Crippen LogP contribution in [0.5, 0.6) is 11.5 Å². The molecule has 1 heterocycles. The Hall–Kier alpha value is -5.75. The first-order valence-electron chi connectivity index (χ1n) is 16.1. The predicted octanol–water partition coefficient (Wildman–Crippen LogP) is 6.89. The first-order valence-corrected chi connectivity index (χ1v) is 16.1. The van der Waals surface area contributed by atoms with Gasteiger partial charge in [0.1, 0.15) is 11.5 Å². The molecule has 2 fully saturated rings. The lowest BCUT2D eigenvalue weighted by atomic mass is 9.59. The molecule has 1 saturated heterocycles. The van der Waals surface area contributed by atoms with Crippen LogP contribution in [0.2, 0.25) is 0 Å². The van der Waals surface area contributed by atoms with Crippen LogP contribution in [0.1, 0.15) is 27.8 Å². The summed E-state index contributed by atoms with van der Waals surface area (Å²) in [6.07, 6.45) is 0.